The highest BCUT2D eigenvalue weighted by molar-refractivity contribution is 7.89. The molecule has 2 rings (SSSR count). The molecule has 1 aliphatic carbocycles. The number of rotatable bonds is 6. The van der Waals surface area contributed by atoms with E-state index in [1.54, 1.807) is 12.1 Å². The highest BCUT2D eigenvalue weighted by Crippen LogP contribution is 2.24. The second-order valence-electron chi connectivity index (χ2n) is 5.43. The Morgan fingerprint density at radius 2 is 1.90 bits per heavy atom. The van der Waals surface area contributed by atoms with Crippen molar-refractivity contribution < 1.29 is 8.42 Å². The molecule has 1 aromatic carbocycles. The Morgan fingerprint density at radius 1 is 1.20 bits per heavy atom. The van der Waals surface area contributed by atoms with Crippen molar-refractivity contribution in [2.45, 2.75) is 36.6 Å². The lowest BCUT2D eigenvalue weighted by molar-refractivity contribution is 0.410. The SMILES string of the molecule is NCC1CCCC1NCCc1ccc(S(N)(=O)=O)cc1. The van der Waals surface area contributed by atoms with Crippen LogP contribution < -0.4 is 16.2 Å². The molecular weight excluding hydrogens is 274 g/mol. The van der Waals surface area contributed by atoms with Crippen LogP contribution in [0.2, 0.25) is 0 Å². The summed E-state index contributed by atoms with van der Waals surface area (Å²) in [4.78, 5) is 0.160. The third-order valence-electron chi connectivity index (χ3n) is 4.03. The Labute approximate surface area is 120 Å². The number of hydrogen-bond acceptors (Lipinski definition) is 4. The van der Waals surface area contributed by atoms with Crippen molar-refractivity contribution in [1.82, 2.24) is 5.32 Å². The monoisotopic (exact) mass is 297 g/mol. The average molecular weight is 297 g/mol. The van der Waals surface area contributed by atoms with Crippen molar-refractivity contribution in [2.24, 2.45) is 16.8 Å². The molecule has 0 amide bonds. The van der Waals surface area contributed by atoms with Gasteiger partial charge >= 0.3 is 0 Å². The number of nitrogens with one attached hydrogen (secondary N) is 1. The second-order valence-corrected chi connectivity index (χ2v) is 6.99. The van der Waals surface area contributed by atoms with Gasteiger partial charge in [0.05, 0.1) is 4.90 Å². The molecule has 1 saturated carbocycles. The first-order valence-corrected chi connectivity index (χ1v) is 8.60. The molecule has 1 fully saturated rings. The standard InChI is InChI=1S/C14H23N3O2S/c15-10-12-2-1-3-14(12)17-9-8-11-4-6-13(7-5-11)20(16,18)19/h4-7,12,14,17H,1-3,8-10,15H2,(H2,16,18,19). The number of nitrogens with two attached hydrogens (primary N) is 2. The molecule has 0 aliphatic heterocycles. The Bertz CT molecular complexity index is 528. The molecule has 0 saturated heterocycles. The Balaban J connectivity index is 1.82. The summed E-state index contributed by atoms with van der Waals surface area (Å²) >= 11 is 0. The minimum Gasteiger partial charge on any atom is -0.330 e. The third kappa shape index (κ3) is 4.02. The van der Waals surface area contributed by atoms with E-state index in [2.05, 4.69) is 5.32 Å². The molecule has 1 aromatic rings. The Hall–Kier alpha value is -0.950. The van der Waals surface area contributed by atoms with E-state index in [-0.39, 0.29) is 4.90 Å². The fourth-order valence-electron chi connectivity index (χ4n) is 2.84. The molecule has 1 aliphatic rings. The van der Waals surface area contributed by atoms with E-state index >= 15 is 0 Å². The Morgan fingerprint density at radius 3 is 2.50 bits per heavy atom. The molecule has 0 spiro atoms. The van der Waals surface area contributed by atoms with E-state index in [0.29, 0.717) is 12.0 Å². The molecule has 6 heteroatoms. The summed E-state index contributed by atoms with van der Waals surface area (Å²) in [5.41, 5.74) is 6.86. The van der Waals surface area contributed by atoms with Gasteiger partial charge in [0.15, 0.2) is 0 Å². The van der Waals surface area contributed by atoms with E-state index < -0.39 is 10.0 Å². The van der Waals surface area contributed by atoms with Gasteiger partial charge in [0.25, 0.3) is 0 Å². The number of primary sulfonamides is 1. The first-order valence-electron chi connectivity index (χ1n) is 7.06. The lowest BCUT2D eigenvalue weighted by atomic mass is 10.0. The third-order valence-corrected chi connectivity index (χ3v) is 4.96. The van der Waals surface area contributed by atoms with Crippen LogP contribution in [0.5, 0.6) is 0 Å². The highest BCUT2D eigenvalue weighted by Gasteiger charge is 2.24. The van der Waals surface area contributed by atoms with Gasteiger partial charge in [-0.15, -0.1) is 0 Å². The molecule has 20 heavy (non-hydrogen) atoms. The molecule has 0 heterocycles. The van der Waals surface area contributed by atoms with Gasteiger partial charge in [-0.2, -0.15) is 0 Å². The van der Waals surface area contributed by atoms with Gasteiger partial charge in [-0.1, -0.05) is 18.6 Å². The maximum atomic E-state index is 11.2. The molecule has 5 N–H and O–H groups in total. The van der Waals surface area contributed by atoms with Crippen molar-refractivity contribution in [3.63, 3.8) is 0 Å². The van der Waals surface area contributed by atoms with Gasteiger partial charge in [-0.25, -0.2) is 13.6 Å². The van der Waals surface area contributed by atoms with Crippen LogP contribution >= 0.6 is 0 Å². The molecule has 5 nitrogen and oxygen atoms in total. The van der Waals surface area contributed by atoms with E-state index in [1.807, 2.05) is 12.1 Å². The molecule has 0 aromatic heterocycles. The van der Waals surface area contributed by atoms with Crippen molar-refractivity contribution in [3.8, 4) is 0 Å². The zero-order valence-electron chi connectivity index (χ0n) is 11.6. The van der Waals surface area contributed by atoms with Gasteiger partial charge < -0.3 is 11.1 Å². The highest BCUT2D eigenvalue weighted by atomic mass is 32.2. The van der Waals surface area contributed by atoms with Crippen molar-refractivity contribution in [2.75, 3.05) is 13.1 Å². The van der Waals surface area contributed by atoms with Crippen molar-refractivity contribution >= 4 is 10.0 Å². The molecule has 2 atom stereocenters. The fraction of sp³-hybridized carbons (Fsp3) is 0.571. The van der Waals surface area contributed by atoms with Crippen LogP contribution in [0.15, 0.2) is 29.2 Å². The van der Waals surface area contributed by atoms with E-state index in [0.717, 1.165) is 25.1 Å². The normalized spacial score (nSPS) is 23.1. The zero-order valence-corrected chi connectivity index (χ0v) is 12.4. The lowest BCUT2D eigenvalue weighted by Gasteiger charge is -2.19. The summed E-state index contributed by atoms with van der Waals surface area (Å²) in [5.74, 6) is 0.597. The number of sulfonamides is 1. The summed E-state index contributed by atoms with van der Waals surface area (Å²) in [5, 5.41) is 8.62. The van der Waals surface area contributed by atoms with Crippen molar-refractivity contribution in [1.29, 1.82) is 0 Å². The first kappa shape index (κ1) is 15.4. The summed E-state index contributed by atoms with van der Waals surface area (Å²) in [7, 11) is -3.59. The smallest absolute Gasteiger partial charge is 0.238 e. The van der Waals surface area contributed by atoms with Gasteiger partial charge in [0, 0.05) is 6.04 Å². The van der Waals surface area contributed by atoms with Gasteiger partial charge in [-0.3, -0.25) is 0 Å². The van der Waals surface area contributed by atoms with E-state index in [4.69, 9.17) is 10.9 Å². The van der Waals surface area contributed by atoms with Crippen LogP contribution in [0.4, 0.5) is 0 Å². The van der Waals surface area contributed by atoms with Crippen LogP contribution in [0.25, 0.3) is 0 Å². The molecule has 0 bridgehead atoms. The summed E-state index contributed by atoms with van der Waals surface area (Å²) < 4.78 is 22.3. The molecule has 2 unspecified atom stereocenters. The second kappa shape index (κ2) is 6.67. The summed E-state index contributed by atoms with van der Waals surface area (Å²) in [6.45, 7) is 1.64. The van der Waals surface area contributed by atoms with E-state index in [1.165, 1.54) is 19.3 Å². The van der Waals surface area contributed by atoms with Crippen LogP contribution in [-0.4, -0.2) is 27.5 Å². The maximum absolute atomic E-state index is 11.2. The minimum absolute atomic E-state index is 0.160. The quantitative estimate of drug-likeness (QED) is 0.716. The average Bonchev–Trinajstić information content (AvgIpc) is 2.86. The van der Waals surface area contributed by atoms with Crippen LogP contribution in [0.3, 0.4) is 0 Å². The first-order chi connectivity index (χ1) is 9.50. The van der Waals surface area contributed by atoms with Crippen LogP contribution in [0.1, 0.15) is 24.8 Å². The number of benzene rings is 1. The summed E-state index contributed by atoms with van der Waals surface area (Å²) in [6.07, 6.45) is 4.55. The van der Waals surface area contributed by atoms with Gasteiger partial charge in [-0.05, 0) is 56.0 Å². The minimum atomic E-state index is -3.59. The largest absolute Gasteiger partial charge is 0.330 e. The predicted molar refractivity (Wildman–Crippen MR) is 79.7 cm³/mol. The van der Waals surface area contributed by atoms with Crippen LogP contribution in [0, 0.1) is 5.92 Å². The fourth-order valence-corrected chi connectivity index (χ4v) is 3.35. The van der Waals surface area contributed by atoms with E-state index in [9.17, 15) is 8.42 Å². The molecular formula is C14H23N3O2S. The lowest BCUT2D eigenvalue weighted by Crippen LogP contribution is -2.37. The van der Waals surface area contributed by atoms with Gasteiger partial charge in [0.1, 0.15) is 0 Å². The molecule has 0 radical (unpaired) electrons. The zero-order chi connectivity index (χ0) is 14.6. The van der Waals surface area contributed by atoms with Crippen LogP contribution in [-0.2, 0) is 16.4 Å². The summed E-state index contributed by atoms with van der Waals surface area (Å²) in [6, 6.07) is 7.28. The maximum Gasteiger partial charge on any atom is 0.238 e. The topological polar surface area (TPSA) is 98.2 Å². The predicted octanol–water partition coefficient (Wildman–Crippen LogP) is 0.594. The van der Waals surface area contributed by atoms with Gasteiger partial charge in [0.2, 0.25) is 10.0 Å². The Kier molecular flexibility index (Phi) is 5.15. The number of hydrogen-bond donors (Lipinski definition) is 3. The molecule has 112 valence electrons. The van der Waals surface area contributed by atoms with Crippen molar-refractivity contribution in [3.05, 3.63) is 29.8 Å².